The summed E-state index contributed by atoms with van der Waals surface area (Å²) in [6, 6.07) is 0. The lowest BCUT2D eigenvalue weighted by Gasteiger charge is -2.34. The van der Waals surface area contributed by atoms with Crippen LogP contribution in [0.25, 0.3) is 0 Å². The van der Waals surface area contributed by atoms with Gasteiger partial charge in [0, 0.05) is 13.0 Å². The molecular weight excluding hydrogens is 160 g/mol. The highest BCUT2D eigenvalue weighted by molar-refractivity contribution is 7.99. The van der Waals surface area contributed by atoms with Gasteiger partial charge in [0.15, 0.2) is 0 Å². The standard InChI is InChI=1S/C8H14O2S/c1-11-8(5-6-9)4-2-3-7-10-8/h6H,2-5,7H2,1H3. The molecule has 2 nitrogen and oxygen atoms in total. The van der Waals surface area contributed by atoms with Crippen molar-refractivity contribution in [3.05, 3.63) is 0 Å². The Morgan fingerprint density at radius 2 is 2.45 bits per heavy atom. The molecule has 64 valence electrons. The van der Waals surface area contributed by atoms with Gasteiger partial charge in [0.25, 0.3) is 0 Å². The van der Waals surface area contributed by atoms with Crippen LogP contribution in [-0.4, -0.2) is 24.1 Å². The van der Waals surface area contributed by atoms with Crippen LogP contribution in [0.15, 0.2) is 0 Å². The molecule has 3 heteroatoms. The fraction of sp³-hybridized carbons (Fsp3) is 0.875. The van der Waals surface area contributed by atoms with Gasteiger partial charge < -0.3 is 9.53 Å². The van der Waals surface area contributed by atoms with Gasteiger partial charge in [0.05, 0.1) is 0 Å². The van der Waals surface area contributed by atoms with Gasteiger partial charge in [-0.25, -0.2) is 0 Å². The van der Waals surface area contributed by atoms with Crippen LogP contribution in [-0.2, 0) is 9.53 Å². The molecule has 1 heterocycles. The van der Waals surface area contributed by atoms with Crippen LogP contribution in [0.5, 0.6) is 0 Å². The third-order valence-corrected chi connectivity index (χ3v) is 3.32. The Bertz CT molecular complexity index is 130. The summed E-state index contributed by atoms with van der Waals surface area (Å²) in [5.41, 5.74) is 0. The zero-order valence-electron chi connectivity index (χ0n) is 6.84. The molecule has 1 saturated heterocycles. The molecule has 0 aromatic carbocycles. The smallest absolute Gasteiger partial charge is 0.123 e. The molecule has 0 aromatic heterocycles. The SMILES string of the molecule is CSC1(CC=O)CCCCO1. The van der Waals surface area contributed by atoms with Gasteiger partial charge in [-0.1, -0.05) is 0 Å². The minimum atomic E-state index is -0.181. The molecule has 1 fully saturated rings. The first-order valence-corrected chi connectivity index (χ1v) is 5.18. The van der Waals surface area contributed by atoms with Crippen LogP contribution in [0.1, 0.15) is 25.7 Å². The lowest BCUT2D eigenvalue weighted by molar-refractivity contribution is -0.112. The lowest BCUT2D eigenvalue weighted by Crippen LogP contribution is -2.32. The van der Waals surface area contributed by atoms with E-state index in [4.69, 9.17) is 4.74 Å². The number of ether oxygens (including phenoxy) is 1. The molecule has 1 aliphatic rings. The molecule has 0 spiro atoms. The van der Waals surface area contributed by atoms with E-state index in [2.05, 4.69) is 0 Å². The number of carbonyl (C=O) groups excluding carboxylic acids is 1. The van der Waals surface area contributed by atoms with E-state index in [1.807, 2.05) is 6.26 Å². The van der Waals surface area contributed by atoms with Crippen molar-refractivity contribution in [2.45, 2.75) is 30.6 Å². The minimum absolute atomic E-state index is 0.181. The Labute approximate surface area is 71.7 Å². The molecule has 0 bridgehead atoms. The number of aldehydes is 1. The second-order valence-electron chi connectivity index (χ2n) is 2.79. The van der Waals surface area contributed by atoms with E-state index in [0.717, 1.165) is 25.7 Å². The van der Waals surface area contributed by atoms with Crippen molar-refractivity contribution in [3.63, 3.8) is 0 Å². The van der Waals surface area contributed by atoms with E-state index in [1.54, 1.807) is 11.8 Å². The van der Waals surface area contributed by atoms with E-state index in [0.29, 0.717) is 6.42 Å². The number of rotatable bonds is 3. The summed E-state index contributed by atoms with van der Waals surface area (Å²) in [4.78, 5) is 10.2. The molecule has 0 N–H and O–H groups in total. The predicted molar refractivity (Wildman–Crippen MR) is 46.7 cm³/mol. The summed E-state index contributed by atoms with van der Waals surface area (Å²) in [6.45, 7) is 0.814. The third-order valence-electron chi connectivity index (χ3n) is 2.08. The van der Waals surface area contributed by atoms with Crippen LogP contribution < -0.4 is 0 Å². The van der Waals surface area contributed by atoms with Crippen molar-refractivity contribution >= 4 is 18.0 Å². The first kappa shape index (κ1) is 9.07. The number of hydrogen-bond donors (Lipinski definition) is 0. The van der Waals surface area contributed by atoms with Crippen LogP contribution in [0.4, 0.5) is 0 Å². The maximum atomic E-state index is 10.3. The fourth-order valence-electron chi connectivity index (χ4n) is 1.36. The van der Waals surface area contributed by atoms with E-state index in [-0.39, 0.29) is 4.93 Å². The quantitative estimate of drug-likeness (QED) is 0.611. The molecule has 0 radical (unpaired) electrons. The van der Waals surface area contributed by atoms with Crippen molar-refractivity contribution in [1.29, 1.82) is 0 Å². The Morgan fingerprint density at radius 3 is 2.91 bits per heavy atom. The molecule has 0 amide bonds. The predicted octanol–water partition coefficient (Wildman–Crippen LogP) is 1.84. The molecule has 1 unspecified atom stereocenters. The van der Waals surface area contributed by atoms with E-state index in [1.165, 1.54) is 6.42 Å². The molecule has 0 aromatic rings. The first-order valence-electron chi connectivity index (χ1n) is 3.96. The average molecular weight is 174 g/mol. The van der Waals surface area contributed by atoms with Crippen molar-refractivity contribution < 1.29 is 9.53 Å². The Balaban J connectivity index is 2.49. The van der Waals surface area contributed by atoms with Crippen LogP contribution in [0.2, 0.25) is 0 Å². The Hall–Kier alpha value is -0.0200. The van der Waals surface area contributed by atoms with Gasteiger partial charge in [-0.3, -0.25) is 0 Å². The van der Waals surface area contributed by atoms with Crippen molar-refractivity contribution in [1.82, 2.24) is 0 Å². The van der Waals surface area contributed by atoms with Gasteiger partial charge in [-0.2, -0.15) is 0 Å². The fourth-order valence-corrected chi connectivity index (χ4v) is 2.14. The summed E-state index contributed by atoms with van der Waals surface area (Å²) in [6.07, 6.45) is 6.85. The van der Waals surface area contributed by atoms with E-state index >= 15 is 0 Å². The van der Waals surface area contributed by atoms with Crippen LogP contribution >= 0.6 is 11.8 Å². The second kappa shape index (κ2) is 4.12. The van der Waals surface area contributed by atoms with Gasteiger partial charge in [0.1, 0.15) is 11.2 Å². The number of carbonyl (C=O) groups is 1. The summed E-state index contributed by atoms with van der Waals surface area (Å²) in [7, 11) is 0. The third kappa shape index (κ3) is 2.20. The average Bonchev–Trinajstić information content (AvgIpc) is 2.07. The number of hydrogen-bond acceptors (Lipinski definition) is 3. The minimum Gasteiger partial charge on any atom is -0.364 e. The highest BCUT2D eigenvalue weighted by Gasteiger charge is 2.31. The van der Waals surface area contributed by atoms with Crippen molar-refractivity contribution in [2.24, 2.45) is 0 Å². The summed E-state index contributed by atoms with van der Waals surface area (Å²) in [5.74, 6) is 0. The van der Waals surface area contributed by atoms with Crippen LogP contribution in [0, 0.1) is 0 Å². The molecule has 1 aliphatic heterocycles. The zero-order chi connectivity index (χ0) is 8.16. The molecule has 11 heavy (non-hydrogen) atoms. The molecule has 0 aliphatic carbocycles. The van der Waals surface area contributed by atoms with E-state index < -0.39 is 0 Å². The lowest BCUT2D eigenvalue weighted by atomic mass is 10.1. The summed E-state index contributed by atoms with van der Waals surface area (Å²) < 4.78 is 5.59. The van der Waals surface area contributed by atoms with Gasteiger partial charge >= 0.3 is 0 Å². The van der Waals surface area contributed by atoms with Gasteiger partial charge in [0.2, 0.25) is 0 Å². The zero-order valence-corrected chi connectivity index (χ0v) is 7.65. The highest BCUT2D eigenvalue weighted by atomic mass is 32.2. The normalized spacial score (nSPS) is 31.7. The van der Waals surface area contributed by atoms with Crippen molar-refractivity contribution in [3.8, 4) is 0 Å². The molecular formula is C8H14O2S. The Morgan fingerprint density at radius 1 is 1.64 bits per heavy atom. The topological polar surface area (TPSA) is 26.3 Å². The maximum Gasteiger partial charge on any atom is 0.123 e. The highest BCUT2D eigenvalue weighted by Crippen LogP contribution is 2.36. The summed E-state index contributed by atoms with van der Waals surface area (Å²) in [5, 5.41) is 0. The van der Waals surface area contributed by atoms with Crippen LogP contribution in [0.3, 0.4) is 0 Å². The Kier molecular flexibility index (Phi) is 3.40. The van der Waals surface area contributed by atoms with E-state index in [9.17, 15) is 4.79 Å². The number of thioether (sulfide) groups is 1. The molecule has 0 saturated carbocycles. The molecule has 1 rings (SSSR count). The largest absolute Gasteiger partial charge is 0.364 e. The van der Waals surface area contributed by atoms with Crippen molar-refractivity contribution in [2.75, 3.05) is 12.9 Å². The monoisotopic (exact) mass is 174 g/mol. The molecule has 1 atom stereocenters. The van der Waals surface area contributed by atoms with Gasteiger partial charge in [-0.15, -0.1) is 11.8 Å². The summed E-state index contributed by atoms with van der Waals surface area (Å²) >= 11 is 1.66. The maximum absolute atomic E-state index is 10.3. The second-order valence-corrected chi connectivity index (χ2v) is 3.94. The van der Waals surface area contributed by atoms with Gasteiger partial charge in [-0.05, 0) is 25.5 Å². The first-order chi connectivity index (χ1) is 5.33.